The van der Waals surface area contributed by atoms with Crippen molar-refractivity contribution in [3.8, 4) is 5.75 Å². The fourth-order valence-corrected chi connectivity index (χ4v) is 3.42. The second-order valence-corrected chi connectivity index (χ2v) is 6.45. The first-order valence-electron chi connectivity index (χ1n) is 8.85. The highest BCUT2D eigenvalue weighted by molar-refractivity contribution is 6.05. The summed E-state index contributed by atoms with van der Waals surface area (Å²) in [6.45, 7) is 4.38. The van der Waals surface area contributed by atoms with Gasteiger partial charge in [0, 0.05) is 25.2 Å². The molecule has 1 aliphatic heterocycles. The first kappa shape index (κ1) is 17.1. The number of hydrogen-bond acceptors (Lipinski definition) is 6. The predicted molar refractivity (Wildman–Crippen MR) is 103 cm³/mol. The molecule has 3 heterocycles. The van der Waals surface area contributed by atoms with E-state index in [2.05, 4.69) is 15.4 Å². The van der Waals surface area contributed by atoms with E-state index in [9.17, 15) is 9.90 Å². The summed E-state index contributed by atoms with van der Waals surface area (Å²) in [6, 6.07) is 10.9. The summed E-state index contributed by atoms with van der Waals surface area (Å²) in [5.41, 5.74) is 2.54. The highest BCUT2D eigenvalue weighted by Crippen LogP contribution is 2.36. The molecule has 1 atom stereocenters. The van der Waals surface area contributed by atoms with Crippen molar-refractivity contribution in [3.63, 3.8) is 0 Å². The number of benzene rings is 1. The maximum absolute atomic E-state index is 12.5. The summed E-state index contributed by atoms with van der Waals surface area (Å²) in [4.78, 5) is 17.1. The Hall–Kier alpha value is -3.35. The van der Waals surface area contributed by atoms with E-state index in [0.29, 0.717) is 23.6 Å². The fraction of sp³-hybridized carbons (Fsp3) is 0.250. The van der Waals surface area contributed by atoms with E-state index >= 15 is 0 Å². The third-order valence-electron chi connectivity index (χ3n) is 4.64. The number of nitrogens with one attached hydrogen (secondary N) is 1. The van der Waals surface area contributed by atoms with Crippen LogP contribution in [0.5, 0.6) is 5.75 Å². The first-order valence-corrected chi connectivity index (χ1v) is 8.85. The van der Waals surface area contributed by atoms with Crippen molar-refractivity contribution < 1.29 is 9.52 Å². The number of rotatable bonds is 3. The van der Waals surface area contributed by atoms with Crippen LogP contribution in [0.4, 0.5) is 11.4 Å². The van der Waals surface area contributed by atoms with Crippen molar-refractivity contribution in [2.24, 2.45) is 4.99 Å². The molecule has 0 bridgehead atoms. The summed E-state index contributed by atoms with van der Waals surface area (Å²) in [7, 11) is 0. The second kappa shape index (κ2) is 6.75. The van der Waals surface area contributed by atoms with Crippen molar-refractivity contribution in [1.29, 1.82) is 0 Å². The number of aromatic nitrogens is 2. The topological polar surface area (TPSA) is 92.6 Å². The maximum atomic E-state index is 12.5. The van der Waals surface area contributed by atoms with Gasteiger partial charge in [-0.25, -0.2) is 4.79 Å². The molecule has 3 aromatic rings. The van der Waals surface area contributed by atoms with E-state index in [1.165, 1.54) is 6.07 Å². The molecule has 1 unspecified atom stereocenters. The van der Waals surface area contributed by atoms with Crippen LogP contribution in [0, 0.1) is 6.92 Å². The third kappa shape index (κ3) is 3.12. The number of aryl methyl sites for hydroxylation is 2. The lowest BCUT2D eigenvalue weighted by molar-refractivity contribution is 0.432. The number of para-hydroxylation sites is 2. The summed E-state index contributed by atoms with van der Waals surface area (Å²) < 4.78 is 7.11. The van der Waals surface area contributed by atoms with Gasteiger partial charge >= 0.3 is 5.63 Å². The molecule has 0 aliphatic carbocycles. The first-order chi connectivity index (χ1) is 13.1. The molecule has 0 radical (unpaired) electrons. The van der Waals surface area contributed by atoms with E-state index in [1.54, 1.807) is 13.1 Å². The van der Waals surface area contributed by atoms with Crippen molar-refractivity contribution in [2.75, 3.05) is 5.32 Å². The Labute approximate surface area is 156 Å². The van der Waals surface area contributed by atoms with Crippen LogP contribution in [0.1, 0.15) is 36.4 Å². The van der Waals surface area contributed by atoms with Crippen LogP contribution >= 0.6 is 0 Å². The number of aromatic hydroxyl groups is 1. The molecule has 1 aliphatic rings. The Kier molecular flexibility index (Phi) is 4.27. The maximum Gasteiger partial charge on any atom is 0.348 e. The molecule has 2 aromatic heterocycles. The standard InChI is InChI=1S/C20H20N4O3/c1-3-24-17(8-9-21-24)15-11-16(19-18(25)10-12(2)27-20(19)26)23-14-7-5-4-6-13(14)22-15/h4-10,15,22,25H,3,11H2,1-2H3. The zero-order valence-electron chi connectivity index (χ0n) is 15.1. The van der Waals surface area contributed by atoms with Crippen LogP contribution in [0.3, 0.4) is 0 Å². The molecule has 0 fully saturated rings. The summed E-state index contributed by atoms with van der Waals surface area (Å²) in [6.07, 6.45) is 2.16. The quantitative estimate of drug-likeness (QED) is 0.741. The SMILES string of the molecule is CCn1nccc1C1CC(c2c(O)cc(C)oc2=O)=Nc2ccccc2N1. The van der Waals surface area contributed by atoms with Crippen LogP contribution in [0.15, 0.2) is 56.8 Å². The lowest BCUT2D eigenvalue weighted by Crippen LogP contribution is -2.21. The molecule has 27 heavy (non-hydrogen) atoms. The van der Waals surface area contributed by atoms with Gasteiger partial charge in [-0.2, -0.15) is 5.10 Å². The third-order valence-corrected chi connectivity index (χ3v) is 4.64. The van der Waals surface area contributed by atoms with Crippen molar-refractivity contribution in [2.45, 2.75) is 32.9 Å². The lowest BCUT2D eigenvalue weighted by atomic mass is 10.0. The molecule has 0 spiro atoms. The average molecular weight is 364 g/mol. The highest BCUT2D eigenvalue weighted by atomic mass is 16.4. The number of fused-ring (bicyclic) bond motifs is 1. The van der Waals surface area contributed by atoms with Gasteiger partial charge in [0.25, 0.3) is 0 Å². The summed E-state index contributed by atoms with van der Waals surface area (Å²) in [5.74, 6) is 0.235. The largest absolute Gasteiger partial charge is 0.507 e. The Bertz CT molecular complexity index is 1080. The highest BCUT2D eigenvalue weighted by Gasteiger charge is 2.26. The molecule has 4 rings (SSSR count). The van der Waals surface area contributed by atoms with Crippen molar-refractivity contribution in [3.05, 3.63) is 70.0 Å². The molecule has 0 amide bonds. The van der Waals surface area contributed by atoms with Crippen LogP contribution < -0.4 is 10.9 Å². The van der Waals surface area contributed by atoms with Gasteiger partial charge in [-0.05, 0) is 32.0 Å². The van der Waals surface area contributed by atoms with E-state index in [4.69, 9.17) is 4.42 Å². The monoisotopic (exact) mass is 364 g/mol. The van der Waals surface area contributed by atoms with Crippen LogP contribution in [-0.4, -0.2) is 20.6 Å². The molecule has 138 valence electrons. The molecular formula is C20H20N4O3. The smallest absolute Gasteiger partial charge is 0.348 e. The van der Waals surface area contributed by atoms with Gasteiger partial charge < -0.3 is 14.8 Å². The molecule has 2 N–H and O–H groups in total. The van der Waals surface area contributed by atoms with Crippen LogP contribution in [0.25, 0.3) is 0 Å². The van der Waals surface area contributed by atoms with Gasteiger partial charge in [-0.15, -0.1) is 0 Å². The fourth-order valence-electron chi connectivity index (χ4n) is 3.42. The van der Waals surface area contributed by atoms with Crippen LogP contribution in [0.2, 0.25) is 0 Å². The Balaban J connectivity index is 1.88. The molecule has 0 saturated carbocycles. The normalized spacial score (nSPS) is 16.2. The average Bonchev–Trinajstić information content (AvgIpc) is 3.02. The van der Waals surface area contributed by atoms with E-state index in [0.717, 1.165) is 17.9 Å². The van der Waals surface area contributed by atoms with Gasteiger partial charge in [0.2, 0.25) is 0 Å². The van der Waals surface area contributed by atoms with E-state index in [1.807, 2.05) is 41.9 Å². The summed E-state index contributed by atoms with van der Waals surface area (Å²) >= 11 is 0. The zero-order chi connectivity index (χ0) is 19.0. The van der Waals surface area contributed by atoms with Gasteiger partial charge in [0.05, 0.1) is 28.8 Å². The Morgan fingerprint density at radius 1 is 1.33 bits per heavy atom. The molecule has 7 heteroatoms. The number of nitrogens with zero attached hydrogens (tertiary/aromatic N) is 3. The minimum absolute atomic E-state index is 0.103. The minimum atomic E-state index is -0.589. The molecule has 7 nitrogen and oxygen atoms in total. The van der Waals surface area contributed by atoms with Gasteiger partial charge in [0.1, 0.15) is 17.1 Å². The van der Waals surface area contributed by atoms with Crippen LogP contribution in [-0.2, 0) is 6.54 Å². The molecule has 0 saturated heterocycles. The van der Waals surface area contributed by atoms with Gasteiger partial charge in [-0.3, -0.25) is 9.67 Å². The number of aliphatic imine (C=N–C) groups is 1. The number of anilines is 1. The van der Waals surface area contributed by atoms with E-state index < -0.39 is 5.63 Å². The molecule has 1 aromatic carbocycles. The Morgan fingerprint density at radius 3 is 2.93 bits per heavy atom. The lowest BCUT2D eigenvalue weighted by Gasteiger charge is -2.20. The Morgan fingerprint density at radius 2 is 2.15 bits per heavy atom. The molecular weight excluding hydrogens is 344 g/mol. The van der Waals surface area contributed by atoms with Crippen molar-refractivity contribution >= 4 is 17.1 Å². The van der Waals surface area contributed by atoms with E-state index in [-0.39, 0.29) is 17.4 Å². The second-order valence-electron chi connectivity index (χ2n) is 6.45. The zero-order valence-corrected chi connectivity index (χ0v) is 15.1. The van der Waals surface area contributed by atoms with Crippen molar-refractivity contribution in [1.82, 2.24) is 9.78 Å². The number of hydrogen-bond donors (Lipinski definition) is 2. The summed E-state index contributed by atoms with van der Waals surface area (Å²) in [5, 5.41) is 18.2. The predicted octanol–water partition coefficient (Wildman–Crippen LogP) is 3.55. The van der Waals surface area contributed by atoms with Gasteiger partial charge in [0.15, 0.2) is 0 Å². The minimum Gasteiger partial charge on any atom is -0.507 e. The van der Waals surface area contributed by atoms with Gasteiger partial charge in [-0.1, -0.05) is 12.1 Å².